The Kier molecular flexibility index (Phi) is 5.75. The van der Waals surface area contributed by atoms with E-state index in [9.17, 15) is 0 Å². The second kappa shape index (κ2) is 7.52. The van der Waals surface area contributed by atoms with E-state index in [2.05, 4.69) is 25.9 Å². The molecule has 0 aliphatic carbocycles. The van der Waals surface area contributed by atoms with Crippen LogP contribution in [0.25, 0.3) is 0 Å². The van der Waals surface area contributed by atoms with Gasteiger partial charge in [0.15, 0.2) is 0 Å². The monoisotopic (exact) mass is 181 g/mol. The van der Waals surface area contributed by atoms with Crippen LogP contribution < -0.4 is 0 Å². The molecule has 0 bridgehead atoms. The van der Waals surface area contributed by atoms with Gasteiger partial charge < -0.3 is 0 Å². The van der Waals surface area contributed by atoms with Crippen LogP contribution in [0.5, 0.6) is 0 Å². The summed E-state index contributed by atoms with van der Waals surface area (Å²) in [6, 6.07) is 0. The van der Waals surface area contributed by atoms with Crippen LogP contribution in [-0.2, 0) is 0 Å². The lowest BCUT2D eigenvalue weighted by Crippen LogP contribution is -1.82. The molecule has 0 unspecified atom stereocenters. The Bertz CT molecular complexity index is 177. The first-order valence-corrected chi connectivity index (χ1v) is 4.78. The summed E-state index contributed by atoms with van der Waals surface area (Å²) < 4.78 is 0. The quantitative estimate of drug-likeness (QED) is 0.551. The highest BCUT2D eigenvalue weighted by Gasteiger charge is 1.90. The first-order valence-electron chi connectivity index (χ1n) is 4.78. The number of hydrogen-bond donors (Lipinski definition) is 0. The average Bonchev–Trinajstić information content (AvgIpc) is 2.18. The summed E-state index contributed by atoms with van der Waals surface area (Å²) in [5.41, 5.74) is 0. The van der Waals surface area contributed by atoms with E-state index in [1.54, 1.807) is 6.21 Å². The van der Waals surface area contributed by atoms with Gasteiger partial charge in [0.25, 0.3) is 0 Å². The summed E-state index contributed by atoms with van der Waals surface area (Å²) in [4.78, 5) is 0. The van der Waals surface area contributed by atoms with Crippen LogP contribution in [0.4, 0.5) is 0 Å². The van der Waals surface area contributed by atoms with E-state index >= 15 is 0 Å². The maximum absolute atomic E-state index is 3.83. The average molecular weight is 181 g/mol. The Balaban J connectivity index is 2.29. The summed E-state index contributed by atoms with van der Waals surface area (Å²) in [7, 11) is 0. The Morgan fingerprint density at radius 3 is 2.62 bits per heavy atom. The molecule has 0 aromatic rings. The van der Waals surface area contributed by atoms with Crippen LogP contribution in [-0.4, -0.2) is 12.8 Å². The summed E-state index contributed by atoms with van der Waals surface area (Å²) in [5.74, 6) is 0. The summed E-state index contributed by atoms with van der Waals surface area (Å²) >= 11 is 0. The van der Waals surface area contributed by atoms with Crippen LogP contribution in [0.1, 0.15) is 38.5 Å². The minimum atomic E-state index is 0.753. The van der Waals surface area contributed by atoms with Crippen molar-refractivity contribution < 1.29 is 0 Å². The van der Waals surface area contributed by atoms with Crippen molar-refractivity contribution in [2.45, 2.75) is 38.5 Å². The lowest BCUT2D eigenvalue weighted by atomic mass is 10.1. The highest BCUT2D eigenvalue weighted by atomic mass is 15.5. The molecule has 1 aliphatic heterocycles. The molecule has 0 atom stereocenters. The number of rotatable bonds is 0. The standard InChI is InChI=1S/C8H15N5/c1-2-4-6-8-10-12-13-11-9-7-5-3-1/h7H,1-6,8H2/b9-7+,12-10+,13-11-. The zero-order valence-electron chi connectivity index (χ0n) is 7.76. The minimum Gasteiger partial charge on any atom is -0.167 e. The Morgan fingerprint density at radius 2 is 1.62 bits per heavy atom. The molecule has 1 aliphatic rings. The Morgan fingerprint density at radius 1 is 0.769 bits per heavy atom. The highest BCUT2D eigenvalue weighted by Crippen LogP contribution is 2.05. The van der Waals surface area contributed by atoms with Crippen molar-refractivity contribution in [2.75, 3.05) is 6.54 Å². The molecule has 1 heterocycles. The first kappa shape index (κ1) is 9.95. The van der Waals surface area contributed by atoms with Crippen molar-refractivity contribution in [3.8, 4) is 0 Å². The molecule has 0 N–H and O–H groups in total. The molecule has 0 amide bonds. The molecule has 0 aromatic carbocycles. The molecule has 0 radical (unpaired) electrons. The number of hydrogen-bond acceptors (Lipinski definition) is 5. The van der Waals surface area contributed by atoms with Gasteiger partial charge >= 0.3 is 0 Å². The van der Waals surface area contributed by atoms with Gasteiger partial charge in [0, 0.05) is 6.21 Å². The fourth-order valence-electron chi connectivity index (χ4n) is 1.16. The van der Waals surface area contributed by atoms with E-state index in [0.29, 0.717) is 0 Å². The molecule has 0 saturated heterocycles. The van der Waals surface area contributed by atoms with Gasteiger partial charge in [0.1, 0.15) is 0 Å². The topological polar surface area (TPSA) is 61.8 Å². The maximum atomic E-state index is 3.83. The third kappa shape index (κ3) is 6.07. The summed E-state index contributed by atoms with van der Waals surface area (Å²) in [6.45, 7) is 0.753. The van der Waals surface area contributed by atoms with Gasteiger partial charge in [-0.05, 0) is 34.9 Å². The van der Waals surface area contributed by atoms with Crippen molar-refractivity contribution in [3.05, 3.63) is 0 Å². The smallest absolute Gasteiger partial charge is 0.0621 e. The number of nitrogens with zero attached hydrogens (tertiary/aromatic N) is 5. The van der Waals surface area contributed by atoms with Crippen LogP contribution in [0, 0.1) is 0 Å². The van der Waals surface area contributed by atoms with Crippen molar-refractivity contribution in [3.63, 3.8) is 0 Å². The van der Waals surface area contributed by atoms with E-state index in [1.807, 2.05) is 0 Å². The molecule has 5 heteroatoms. The zero-order chi connectivity index (χ0) is 9.19. The predicted octanol–water partition coefficient (Wildman–Crippen LogP) is 3.15. The van der Waals surface area contributed by atoms with E-state index in [1.165, 1.54) is 25.7 Å². The van der Waals surface area contributed by atoms with Crippen molar-refractivity contribution in [2.24, 2.45) is 25.9 Å². The molecular formula is C8H15N5. The fourth-order valence-corrected chi connectivity index (χ4v) is 1.16. The molecule has 0 spiro atoms. The third-order valence-electron chi connectivity index (χ3n) is 1.87. The van der Waals surface area contributed by atoms with Gasteiger partial charge in [-0.3, -0.25) is 0 Å². The lowest BCUT2D eigenvalue weighted by Gasteiger charge is -1.96. The van der Waals surface area contributed by atoms with Crippen LogP contribution >= 0.6 is 0 Å². The normalized spacial score (nSPS) is 27.7. The first-order chi connectivity index (χ1) is 6.50. The predicted molar refractivity (Wildman–Crippen MR) is 50.8 cm³/mol. The fraction of sp³-hybridized carbons (Fsp3) is 0.875. The van der Waals surface area contributed by atoms with Gasteiger partial charge in [-0.1, -0.05) is 19.3 Å². The Hall–Kier alpha value is -1.13. The largest absolute Gasteiger partial charge is 0.167 e. The van der Waals surface area contributed by atoms with E-state index < -0.39 is 0 Å². The van der Waals surface area contributed by atoms with Gasteiger partial charge in [-0.2, -0.15) is 5.11 Å². The van der Waals surface area contributed by atoms with E-state index in [-0.39, 0.29) is 0 Å². The maximum Gasteiger partial charge on any atom is 0.0621 e. The molecule has 0 saturated carbocycles. The van der Waals surface area contributed by atoms with Gasteiger partial charge in [-0.25, -0.2) is 0 Å². The summed E-state index contributed by atoms with van der Waals surface area (Å²) in [6.07, 6.45) is 8.81. The van der Waals surface area contributed by atoms with Crippen molar-refractivity contribution in [1.29, 1.82) is 0 Å². The molecule has 0 fully saturated rings. The molecule has 72 valence electrons. The second-order valence-corrected chi connectivity index (χ2v) is 2.99. The Labute approximate surface area is 78.0 Å². The molecule has 1 rings (SSSR count). The minimum absolute atomic E-state index is 0.753. The van der Waals surface area contributed by atoms with Gasteiger partial charge in [-0.15, -0.1) is 5.10 Å². The molecule has 5 nitrogen and oxygen atoms in total. The van der Waals surface area contributed by atoms with E-state index in [0.717, 1.165) is 19.4 Å². The van der Waals surface area contributed by atoms with Crippen LogP contribution in [0.3, 0.4) is 0 Å². The second-order valence-electron chi connectivity index (χ2n) is 2.99. The highest BCUT2D eigenvalue weighted by molar-refractivity contribution is 5.56. The molecular weight excluding hydrogens is 166 g/mol. The molecule has 13 heavy (non-hydrogen) atoms. The SMILES string of the molecule is C1=N/N=N\N=N\CCCCCCC/1. The molecule has 0 aromatic heterocycles. The third-order valence-corrected chi connectivity index (χ3v) is 1.87. The van der Waals surface area contributed by atoms with Crippen LogP contribution in [0.15, 0.2) is 25.9 Å². The van der Waals surface area contributed by atoms with Crippen molar-refractivity contribution >= 4 is 6.21 Å². The summed E-state index contributed by atoms with van der Waals surface area (Å²) in [5, 5.41) is 17.9. The van der Waals surface area contributed by atoms with Crippen LogP contribution in [0.2, 0.25) is 0 Å². The van der Waals surface area contributed by atoms with Gasteiger partial charge in [0.05, 0.1) is 6.54 Å². The zero-order valence-corrected chi connectivity index (χ0v) is 7.76. The van der Waals surface area contributed by atoms with E-state index in [4.69, 9.17) is 0 Å². The van der Waals surface area contributed by atoms with Crippen molar-refractivity contribution in [1.82, 2.24) is 0 Å². The lowest BCUT2D eigenvalue weighted by molar-refractivity contribution is 0.622. The van der Waals surface area contributed by atoms with Gasteiger partial charge in [0.2, 0.25) is 0 Å².